The molecule has 0 unspecified atom stereocenters. The Bertz CT molecular complexity index is 964. The molecule has 178 valence electrons. The molecule has 0 saturated carbocycles. The second kappa shape index (κ2) is 12.5. The Labute approximate surface area is 202 Å². The minimum absolute atomic E-state index is 0.768. The normalized spacial score (nSPS) is 14.9. The van der Waals surface area contributed by atoms with Crippen LogP contribution in [0.5, 0.6) is 5.75 Å². The lowest BCUT2D eigenvalue weighted by Gasteiger charge is -2.27. The Hall–Kier alpha value is -1.96. The molecule has 6 heteroatoms. The molecule has 33 heavy (non-hydrogen) atoms. The van der Waals surface area contributed by atoms with Crippen LogP contribution in [0.1, 0.15) is 18.4 Å². The highest BCUT2D eigenvalue weighted by atomic mass is 32.1. The number of benzene rings is 2. The number of fused-ring (bicyclic) bond motifs is 1. The summed E-state index contributed by atoms with van der Waals surface area (Å²) >= 11 is 1.86. The number of thiophene rings is 1. The third-order valence-electron chi connectivity index (χ3n) is 6.16. The molecular formula is C27H38N4OS. The Morgan fingerprint density at radius 3 is 2.73 bits per heavy atom. The monoisotopic (exact) mass is 466 g/mol. The van der Waals surface area contributed by atoms with Gasteiger partial charge in [-0.15, -0.1) is 11.3 Å². The number of hydrogen-bond acceptors (Lipinski definition) is 6. The van der Waals surface area contributed by atoms with Crippen molar-refractivity contribution in [3.63, 3.8) is 0 Å². The molecular weight excluding hydrogens is 428 g/mol. The van der Waals surface area contributed by atoms with Crippen molar-refractivity contribution in [2.75, 3.05) is 66.5 Å². The van der Waals surface area contributed by atoms with E-state index in [0.717, 1.165) is 77.6 Å². The summed E-state index contributed by atoms with van der Waals surface area (Å²) in [5.74, 6) is 1.01. The minimum Gasteiger partial charge on any atom is -0.493 e. The fourth-order valence-corrected chi connectivity index (χ4v) is 5.30. The van der Waals surface area contributed by atoms with Crippen LogP contribution in [0.25, 0.3) is 20.5 Å². The van der Waals surface area contributed by atoms with E-state index < -0.39 is 0 Å². The molecule has 1 aliphatic rings. The zero-order valence-electron chi connectivity index (χ0n) is 20.1. The van der Waals surface area contributed by atoms with Crippen molar-refractivity contribution in [2.45, 2.75) is 19.4 Å². The average molecular weight is 467 g/mol. The first-order chi connectivity index (χ1) is 16.2. The number of piperazine rings is 1. The maximum atomic E-state index is 6.24. The van der Waals surface area contributed by atoms with Crippen molar-refractivity contribution in [2.24, 2.45) is 0 Å². The molecule has 2 N–H and O–H groups in total. The van der Waals surface area contributed by atoms with E-state index in [4.69, 9.17) is 4.74 Å². The molecule has 1 aliphatic heterocycles. The van der Waals surface area contributed by atoms with Gasteiger partial charge in [0.15, 0.2) is 0 Å². The molecule has 0 spiro atoms. The predicted molar refractivity (Wildman–Crippen MR) is 142 cm³/mol. The van der Waals surface area contributed by atoms with Crippen molar-refractivity contribution in [1.29, 1.82) is 0 Å². The van der Waals surface area contributed by atoms with Crippen molar-refractivity contribution >= 4 is 21.4 Å². The molecule has 5 nitrogen and oxygen atoms in total. The first-order valence-electron chi connectivity index (χ1n) is 12.2. The average Bonchev–Trinajstić information content (AvgIpc) is 3.27. The van der Waals surface area contributed by atoms with Crippen LogP contribution in [0.4, 0.5) is 0 Å². The maximum absolute atomic E-state index is 6.24. The Morgan fingerprint density at radius 1 is 1.06 bits per heavy atom. The number of ether oxygens (including phenoxy) is 1. The van der Waals surface area contributed by atoms with Gasteiger partial charge in [0, 0.05) is 61.0 Å². The van der Waals surface area contributed by atoms with Gasteiger partial charge >= 0.3 is 0 Å². The van der Waals surface area contributed by atoms with Gasteiger partial charge in [-0.25, -0.2) is 0 Å². The third-order valence-corrected chi connectivity index (χ3v) is 7.32. The van der Waals surface area contributed by atoms with E-state index in [9.17, 15) is 0 Å². The second-order valence-electron chi connectivity index (χ2n) is 9.10. The molecule has 1 fully saturated rings. The van der Waals surface area contributed by atoms with E-state index in [0.29, 0.717) is 0 Å². The highest BCUT2D eigenvalue weighted by Crippen LogP contribution is 2.35. The van der Waals surface area contributed by atoms with Gasteiger partial charge in [-0.1, -0.05) is 18.2 Å². The zero-order chi connectivity index (χ0) is 22.9. The number of nitrogens with zero attached hydrogens (tertiary/aromatic N) is 2. The van der Waals surface area contributed by atoms with Crippen LogP contribution in [0.15, 0.2) is 48.5 Å². The van der Waals surface area contributed by atoms with Crippen LogP contribution in [0.3, 0.4) is 0 Å². The van der Waals surface area contributed by atoms with Crippen LogP contribution < -0.4 is 15.4 Å². The minimum atomic E-state index is 0.768. The van der Waals surface area contributed by atoms with E-state index in [1.807, 2.05) is 11.3 Å². The molecule has 0 bridgehead atoms. The van der Waals surface area contributed by atoms with Crippen molar-refractivity contribution in [3.8, 4) is 16.2 Å². The number of rotatable bonds is 12. The standard InChI is InChI=1S/C27H38N4OS/c1-30(2)14-5-6-18-32-25-10-9-23(27-20-22-7-3-4-8-26(22)33-27)19-24(25)21-29-13-17-31-15-11-28-12-16-31/h3-4,7-10,19-20,28-29H,5-6,11-18,21H2,1-2H3. The summed E-state index contributed by atoms with van der Waals surface area (Å²) < 4.78 is 7.58. The van der Waals surface area contributed by atoms with Crippen LogP contribution in [-0.2, 0) is 6.54 Å². The van der Waals surface area contributed by atoms with Gasteiger partial charge in [-0.2, -0.15) is 0 Å². The molecule has 2 aromatic carbocycles. The smallest absolute Gasteiger partial charge is 0.123 e. The molecule has 1 aromatic heterocycles. The molecule has 0 radical (unpaired) electrons. The first-order valence-corrected chi connectivity index (χ1v) is 13.0. The lowest BCUT2D eigenvalue weighted by atomic mass is 10.1. The summed E-state index contributed by atoms with van der Waals surface area (Å²) in [5.41, 5.74) is 2.52. The van der Waals surface area contributed by atoms with Crippen LogP contribution in [0.2, 0.25) is 0 Å². The molecule has 0 atom stereocenters. The summed E-state index contributed by atoms with van der Waals surface area (Å²) in [4.78, 5) is 6.07. The Morgan fingerprint density at radius 2 is 1.91 bits per heavy atom. The fraction of sp³-hybridized carbons (Fsp3) is 0.481. The van der Waals surface area contributed by atoms with Gasteiger partial charge in [-0.3, -0.25) is 4.90 Å². The quantitative estimate of drug-likeness (QED) is 0.390. The van der Waals surface area contributed by atoms with E-state index in [1.165, 1.54) is 26.1 Å². The van der Waals surface area contributed by atoms with Gasteiger partial charge < -0.3 is 20.3 Å². The first kappa shape index (κ1) is 24.2. The van der Waals surface area contributed by atoms with Gasteiger partial charge in [0.25, 0.3) is 0 Å². The van der Waals surface area contributed by atoms with Crippen molar-refractivity contribution < 1.29 is 4.74 Å². The molecule has 4 rings (SSSR count). The zero-order valence-corrected chi connectivity index (χ0v) is 20.9. The van der Waals surface area contributed by atoms with Gasteiger partial charge in [0.05, 0.1) is 6.61 Å². The summed E-state index contributed by atoms with van der Waals surface area (Å²) in [6.45, 7) is 9.28. The van der Waals surface area contributed by atoms with Gasteiger partial charge in [0.1, 0.15) is 5.75 Å². The molecule has 3 aromatic rings. The lowest BCUT2D eigenvalue weighted by molar-refractivity contribution is 0.240. The summed E-state index contributed by atoms with van der Waals surface area (Å²) in [6.07, 6.45) is 2.23. The lowest BCUT2D eigenvalue weighted by Crippen LogP contribution is -2.45. The van der Waals surface area contributed by atoms with Crippen LogP contribution in [0, 0.1) is 0 Å². The van der Waals surface area contributed by atoms with E-state index in [2.05, 4.69) is 83.1 Å². The third kappa shape index (κ3) is 7.26. The second-order valence-corrected chi connectivity index (χ2v) is 10.2. The van der Waals surface area contributed by atoms with Crippen LogP contribution in [-0.4, -0.2) is 76.3 Å². The van der Waals surface area contributed by atoms with Crippen LogP contribution >= 0.6 is 11.3 Å². The molecule has 1 saturated heterocycles. The summed E-state index contributed by atoms with van der Waals surface area (Å²) in [5, 5.41) is 8.40. The summed E-state index contributed by atoms with van der Waals surface area (Å²) in [6, 6.07) is 17.6. The maximum Gasteiger partial charge on any atom is 0.123 e. The van der Waals surface area contributed by atoms with Crippen molar-refractivity contribution in [3.05, 3.63) is 54.1 Å². The fourth-order valence-electron chi connectivity index (χ4n) is 4.24. The highest BCUT2D eigenvalue weighted by Gasteiger charge is 2.11. The Kier molecular flexibility index (Phi) is 9.15. The molecule has 0 amide bonds. The number of hydrogen-bond donors (Lipinski definition) is 2. The van der Waals surface area contributed by atoms with Gasteiger partial charge in [-0.05, 0) is 74.8 Å². The van der Waals surface area contributed by atoms with E-state index in [-0.39, 0.29) is 0 Å². The Balaban J connectivity index is 1.41. The molecule has 2 heterocycles. The number of nitrogens with one attached hydrogen (secondary N) is 2. The number of unbranched alkanes of at least 4 members (excludes halogenated alkanes) is 1. The van der Waals surface area contributed by atoms with Crippen molar-refractivity contribution in [1.82, 2.24) is 20.4 Å². The molecule has 0 aliphatic carbocycles. The van der Waals surface area contributed by atoms with E-state index >= 15 is 0 Å². The van der Waals surface area contributed by atoms with Gasteiger partial charge in [0.2, 0.25) is 0 Å². The topological polar surface area (TPSA) is 39.8 Å². The largest absolute Gasteiger partial charge is 0.493 e. The predicted octanol–water partition coefficient (Wildman–Crippen LogP) is 4.28. The SMILES string of the molecule is CN(C)CCCCOc1ccc(-c2cc3ccccc3s2)cc1CNCCN1CCNCC1. The summed E-state index contributed by atoms with van der Waals surface area (Å²) in [7, 11) is 4.25. The highest BCUT2D eigenvalue weighted by molar-refractivity contribution is 7.22. The van der Waals surface area contributed by atoms with E-state index in [1.54, 1.807) is 0 Å².